The van der Waals surface area contributed by atoms with Crippen molar-refractivity contribution in [3.05, 3.63) is 95.6 Å². The van der Waals surface area contributed by atoms with Gasteiger partial charge in [-0.15, -0.1) is 0 Å². The average molecular weight is 453 g/mol. The van der Waals surface area contributed by atoms with Crippen molar-refractivity contribution < 1.29 is 17.9 Å². The molecule has 0 aliphatic heterocycles. The van der Waals surface area contributed by atoms with Crippen molar-refractivity contribution in [3.8, 4) is 5.75 Å². The first kappa shape index (κ1) is 23.3. The monoisotopic (exact) mass is 452 g/mol. The van der Waals surface area contributed by atoms with Crippen molar-refractivity contribution in [3.63, 3.8) is 0 Å². The highest BCUT2D eigenvalue weighted by molar-refractivity contribution is 7.92. The van der Waals surface area contributed by atoms with E-state index in [1.807, 2.05) is 30.3 Å². The Kier molecular flexibility index (Phi) is 7.53. The lowest BCUT2D eigenvalue weighted by atomic mass is 10.0. The molecule has 0 unspecified atom stereocenters. The number of carbonyl (C=O) groups is 1. The van der Waals surface area contributed by atoms with Gasteiger partial charge in [0, 0.05) is 18.2 Å². The van der Waals surface area contributed by atoms with E-state index in [-0.39, 0.29) is 18.4 Å². The van der Waals surface area contributed by atoms with Crippen LogP contribution in [0.15, 0.2) is 78.9 Å². The second-order valence-electron chi connectivity index (χ2n) is 7.69. The standard InChI is InChI=1S/C25H28N2O4S/c1-19(21-8-5-4-6-9-21)17-26-25(28)22-14-12-20(13-15-22)18-27(32(3,29)30)23-10-7-11-24(16-23)31-2/h4-16,19H,17-18H2,1-3H3,(H,26,28)/t19-/m1/s1. The topological polar surface area (TPSA) is 75.7 Å². The van der Waals surface area contributed by atoms with Crippen LogP contribution in [0, 0.1) is 0 Å². The van der Waals surface area contributed by atoms with Gasteiger partial charge in [0.15, 0.2) is 0 Å². The number of anilines is 1. The van der Waals surface area contributed by atoms with E-state index in [9.17, 15) is 13.2 Å². The molecule has 0 heterocycles. The van der Waals surface area contributed by atoms with Crippen molar-refractivity contribution in [2.75, 3.05) is 24.2 Å². The van der Waals surface area contributed by atoms with E-state index >= 15 is 0 Å². The Morgan fingerprint density at radius 2 is 1.69 bits per heavy atom. The zero-order chi connectivity index (χ0) is 23.1. The van der Waals surface area contributed by atoms with E-state index in [1.165, 1.54) is 23.2 Å². The summed E-state index contributed by atoms with van der Waals surface area (Å²) in [6.07, 6.45) is 1.17. The molecule has 1 atom stereocenters. The van der Waals surface area contributed by atoms with Gasteiger partial charge in [0.05, 0.1) is 25.6 Å². The van der Waals surface area contributed by atoms with Gasteiger partial charge in [-0.2, -0.15) is 0 Å². The fraction of sp³-hybridized carbons (Fsp3) is 0.240. The molecule has 168 valence electrons. The predicted molar refractivity (Wildman–Crippen MR) is 128 cm³/mol. The smallest absolute Gasteiger partial charge is 0.251 e. The minimum atomic E-state index is -3.51. The molecule has 0 saturated heterocycles. The van der Waals surface area contributed by atoms with Crippen molar-refractivity contribution in [1.82, 2.24) is 5.32 Å². The highest BCUT2D eigenvalue weighted by Gasteiger charge is 2.19. The number of benzene rings is 3. The van der Waals surface area contributed by atoms with Gasteiger partial charge in [-0.25, -0.2) is 8.42 Å². The summed E-state index contributed by atoms with van der Waals surface area (Å²) in [6.45, 7) is 2.75. The van der Waals surface area contributed by atoms with Crippen LogP contribution < -0.4 is 14.4 Å². The molecule has 1 N–H and O–H groups in total. The normalized spacial score (nSPS) is 12.1. The quantitative estimate of drug-likeness (QED) is 0.528. The SMILES string of the molecule is COc1cccc(N(Cc2ccc(C(=O)NC[C@@H](C)c3ccccc3)cc2)S(C)(=O)=O)c1. The zero-order valence-corrected chi connectivity index (χ0v) is 19.3. The van der Waals surface area contributed by atoms with Gasteiger partial charge in [0.1, 0.15) is 5.75 Å². The maximum atomic E-state index is 12.5. The van der Waals surface area contributed by atoms with Crippen LogP contribution in [0.3, 0.4) is 0 Å². The van der Waals surface area contributed by atoms with E-state index in [4.69, 9.17) is 4.74 Å². The highest BCUT2D eigenvalue weighted by Crippen LogP contribution is 2.25. The Balaban J connectivity index is 1.67. The first-order valence-electron chi connectivity index (χ1n) is 10.3. The van der Waals surface area contributed by atoms with Crippen LogP contribution in [0.1, 0.15) is 34.3 Å². The molecule has 3 aromatic rings. The molecule has 1 amide bonds. The molecule has 0 spiro atoms. The van der Waals surface area contributed by atoms with Crippen LogP contribution in [0.5, 0.6) is 5.75 Å². The van der Waals surface area contributed by atoms with E-state index in [1.54, 1.807) is 48.5 Å². The summed E-state index contributed by atoms with van der Waals surface area (Å²) in [4.78, 5) is 12.5. The molecular formula is C25H28N2O4S. The van der Waals surface area contributed by atoms with Crippen LogP contribution in [-0.4, -0.2) is 34.2 Å². The fourth-order valence-electron chi connectivity index (χ4n) is 3.34. The number of hydrogen-bond acceptors (Lipinski definition) is 4. The third-order valence-corrected chi connectivity index (χ3v) is 6.36. The molecule has 3 rings (SSSR count). The molecule has 0 aliphatic carbocycles. The Morgan fingerprint density at radius 3 is 2.31 bits per heavy atom. The summed E-state index contributed by atoms with van der Waals surface area (Å²) in [7, 11) is -1.98. The van der Waals surface area contributed by atoms with Gasteiger partial charge in [-0.1, -0.05) is 55.5 Å². The molecule has 7 heteroatoms. The Morgan fingerprint density at radius 1 is 1.00 bits per heavy atom. The van der Waals surface area contributed by atoms with E-state index < -0.39 is 10.0 Å². The van der Waals surface area contributed by atoms with E-state index in [0.29, 0.717) is 23.5 Å². The second-order valence-corrected chi connectivity index (χ2v) is 9.60. The minimum Gasteiger partial charge on any atom is -0.497 e. The van der Waals surface area contributed by atoms with Crippen LogP contribution >= 0.6 is 0 Å². The van der Waals surface area contributed by atoms with Crippen molar-refractivity contribution >= 4 is 21.6 Å². The molecule has 0 fully saturated rings. The first-order valence-corrected chi connectivity index (χ1v) is 12.2. The molecule has 0 aliphatic rings. The number of sulfonamides is 1. The largest absolute Gasteiger partial charge is 0.497 e. The summed E-state index contributed by atoms with van der Waals surface area (Å²) in [5.74, 6) is 0.616. The number of carbonyl (C=O) groups excluding carboxylic acids is 1. The maximum absolute atomic E-state index is 12.5. The minimum absolute atomic E-state index is 0.152. The van der Waals surface area contributed by atoms with Gasteiger partial charge in [0.25, 0.3) is 5.91 Å². The molecule has 0 aromatic heterocycles. The molecule has 6 nitrogen and oxygen atoms in total. The third-order valence-electron chi connectivity index (χ3n) is 5.22. The first-order chi connectivity index (χ1) is 15.3. The van der Waals surface area contributed by atoms with Crippen molar-refractivity contribution in [2.45, 2.75) is 19.4 Å². The van der Waals surface area contributed by atoms with Crippen LogP contribution in [-0.2, 0) is 16.6 Å². The van der Waals surface area contributed by atoms with Crippen molar-refractivity contribution in [2.24, 2.45) is 0 Å². The molecule has 0 radical (unpaired) electrons. The lowest BCUT2D eigenvalue weighted by Crippen LogP contribution is -2.29. The lowest BCUT2D eigenvalue weighted by Gasteiger charge is -2.23. The number of hydrogen-bond donors (Lipinski definition) is 1. The summed E-state index contributed by atoms with van der Waals surface area (Å²) in [6, 6.07) is 23.9. The number of methoxy groups -OCH3 is 1. The van der Waals surface area contributed by atoms with Crippen LogP contribution in [0.4, 0.5) is 5.69 Å². The third kappa shape index (κ3) is 6.11. The Hall–Kier alpha value is -3.32. The van der Waals surface area contributed by atoms with Gasteiger partial charge in [0.2, 0.25) is 10.0 Å². The van der Waals surface area contributed by atoms with E-state index in [2.05, 4.69) is 12.2 Å². The molecule has 32 heavy (non-hydrogen) atoms. The number of ether oxygens (including phenoxy) is 1. The number of amides is 1. The van der Waals surface area contributed by atoms with Gasteiger partial charge < -0.3 is 10.1 Å². The number of rotatable bonds is 9. The molecular weight excluding hydrogens is 424 g/mol. The summed E-state index contributed by atoms with van der Waals surface area (Å²) in [5, 5.41) is 2.96. The average Bonchev–Trinajstić information content (AvgIpc) is 2.81. The molecule has 0 bridgehead atoms. The lowest BCUT2D eigenvalue weighted by molar-refractivity contribution is 0.0951. The van der Waals surface area contributed by atoms with Gasteiger partial charge >= 0.3 is 0 Å². The highest BCUT2D eigenvalue weighted by atomic mass is 32.2. The zero-order valence-electron chi connectivity index (χ0n) is 18.5. The fourth-order valence-corrected chi connectivity index (χ4v) is 4.22. The van der Waals surface area contributed by atoms with E-state index in [0.717, 1.165) is 5.56 Å². The summed E-state index contributed by atoms with van der Waals surface area (Å²) in [5.41, 5.74) is 2.99. The van der Waals surface area contributed by atoms with Crippen LogP contribution in [0.25, 0.3) is 0 Å². The van der Waals surface area contributed by atoms with Gasteiger partial charge in [-0.05, 0) is 41.3 Å². The Labute approximate surface area is 189 Å². The Bertz CT molecular complexity index is 1150. The summed E-state index contributed by atoms with van der Waals surface area (Å²) < 4.78 is 31.3. The maximum Gasteiger partial charge on any atom is 0.251 e. The molecule has 3 aromatic carbocycles. The van der Waals surface area contributed by atoms with Gasteiger partial charge in [-0.3, -0.25) is 9.10 Å². The predicted octanol–water partition coefficient (Wildman–Crippen LogP) is 4.19. The molecule has 0 saturated carbocycles. The van der Waals surface area contributed by atoms with Crippen LogP contribution in [0.2, 0.25) is 0 Å². The number of nitrogens with zero attached hydrogens (tertiary/aromatic N) is 1. The summed E-state index contributed by atoms with van der Waals surface area (Å²) >= 11 is 0. The second kappa shape index (κ2) is 10.3. The van der Waals surface area contributed by atoms with Crippen molar-refractivity contribution in [1.29, 1.82) is 0 Å². The number of nitrogens with one attached hydrogen (secondary N) is 1.